The largest absolute Gasteiger partial charge is 0.479 e. The molecule has 39 heavy (non-hydrogen) atoms. The van der Waals surface area contributed by atoms with Crippen molar-refractivity contribution in [2.45, 2.75) is 6.18 Å². The molecule has 1 amide bonds. The van der Waals surface area contributed by atoms with Gasteiger partial charge >= 0.3 is 6.18 Å². The van der Waals surface area contributed by atoms with Gasteiger partial charge in [-0.25, -0.2) is 30.9 Å². The van der Waals surface area contributed by atoms with Crippen LogP contribution in [-0.2, 0) is 10.9 Å². The van der Waals surface area contributed by atoms with Crippen LogP contribution in [0.2, 0.25) is 5.02 Å². The van der Waals surface area contributed by atoms with Crippen LogP contribution < -0.4 is 14.4 Å². The van der Waals surface area contributed by atoms with E-state index < -0.39 is 75.0 Å². The van der Waals surface area contributed by atoms with Crippen molar-refractivity contribution in [2.24, 2.45) is 0 Å². The number of thiol groups is 1. The Morgan fingerprint density at radius 2 is 1.85 bits per heavy atom. The van der Waals surface area contributed by atoms with Gasteiger partial charge in [-0.05, 0) is 24.3 Å². The van der Waals surface area contributed by atoms with Gasteiger partial charge in [-0.15, -0.1) is 0 Å². The summed E-state index contributed by atoms with van der Waals surface area (Å²) in [6.07, 6.45) is -3.58. The van der Waals surface area contributed by atoms with Crippen LogP contribution >= 0.6 is 11.6 Å². The van der Waals surface area contributed by atoms with Gasteiger partial charge in [0.05, 0.1) is 23.4 Å². The Hall–Kier alpha value is -4.05. The molecule has 0 bridgehead atoms. The van der Waals surface area contributed by atoms with E-state index >= 15 is 8.78 Å². The molecular weight excluding hydrogens is 580 g/mol. The third-order valence-electron chi connectivity index (χ3n) is 5.29. The van der Waals surface area contributed by atoms with Crippen molar-refractivity contribution in [3.63, 3.8) is 0 Å². The number of alkyl halides is 3. The van der Waals surface area contributed by atoms with Gasteiger partial charge in [-0.3, -0.25) is 9.89 Å². The van der Waals surface area contributed by atoms with Crippen molar-refractivity contribution in [2.75, 3.05) is 18.0 Å². The van der Waals surface area contributed by atoms with Crippen molar-refractivity contribution >= 4 is 50.7 Å². The molecule has 0 spiro atoms. The summed E-state index contributed by atoms with van der Waals surface area (Å²) in [7, 11) is -2.49. The number of nitrogens with zero attached hydrogens (tertiary/aromatic N) is 3. The molecule has 2 aromatic heterocycles. The molecule has 0 saturated heterocycles. The summed E-state index contributed by atoms with van der Waals surface area (Å²) in [5.41, 5.74) is -3.88. The minimum absolute atomic E-state index is 0.0405. The Morgan fingerprint density at radius 1 is 1.13 bits per heavy atom. The Bertz CT molecular complexity index is 1670. The second-order valence-electron chi connectivity index (χ2n) is 7.71. The van der Waals surface area contributed by atoms with Gasteiger partial charge in [-0.1, -0.05) is 17.7 Å². The molecule has 0 atom stereocenters. The highest BCUT2D eigenvalue weighted by molar-refractivity contribution is 7.74. The number of halogens is 7. The normalized spacial score (nSPS) is 11.7. The summed E-state index contributed by atoms with van der Waals surface area (Å²) in [6, 6.07) is 4.46. The van der Waals surface area contributed by atoms with Gasteiger partial charge in [-0.2, -0.15) is 18.3 Å². The van der Waals surface area contributed by atoms with Crippen molar-refractivity contribution in [3.05, 3.63) is 64.7 Å². The van der Waals surface area contributed by atoms with Crippen LogP contribution in [0.25, 0.3) is 22.0 Å². The molecule has 9 nitrogen and oxygen atoms in total. The minimum Gasteiger partial charge on any atom is -0.479 e. The summed E-state index contributed by atoms with van der Waals surface area (Å²) < 4.78 is 113. The van der Waals surface area contributed by atoms with E-state index in [1.54, 1.807) is 5.32 Å². The Balaban J connectivity index is 1.84. The smallest absolute Gasteiger partial charge is 0.405 e. The fourth-order valence-electron chi connectivity index (χ4n) is 3.67. The van der Waals surface area contributed by atoms with E-state index in [9.17, 15) is 30.8 Å². The summed E-state index contributed by atoms with van der Waals surface area (Å²) >= 11 is 5.91. The number of H-pyrrole nitrogens is 1. The first kappa shape index (κ1) is 28.0. The average Bonchev–Trinajstić information content (AvgIpc) is 3.30. The zero-order valence-corrected chi connectivity index (χ0v) is 20.9. The SMILES string of the molecule is COc1ncc(Cl)cc1N(c1ccc(F)c(-c2ccc3c(C(=O)NCC(F)(F)F)n[nH]c3c2F)c1F)[SH](=O)=O. The molecule has 206 valence electrons. The van der Waals surface area contributed by atoms with Gasteiger partial charge < -0.3 is 10.1 Å². The monoisotopic (exact) mass is 593 g/mol. The van der Waals surface area contributed by atoms with Crippen LogP contribution in [0.3, 0.4) is 0 Å². The number of carbonyl (C=O) groups is 1. The summed E-state index contributed by atoms with van der Waals surface area (Å²) in [4.78, 5) is 15.9. The maximum absolute atomic E-state index is 15.8. The number of pyridine rings is 1. The molecule has 0 unspecified atom stereocenters. The number of fused-ring (bicyclic) bond motifs is 1. The number of hydrogen-bond donors (Lipinski definition) is 3. The third-order valence-corrected chi connectivity index (χ3v) is 6.26. The standard InChI is InChI=1S/C22H14ClF6N5O4S/c1-38-21-14(6-9(23)7-30-21)34(39(36)37)13-5-4-12(24)15(17(13)26)10-2-3-11-18(16(10)25)32-33-19(11)20(35)31-8-22(27,28)29/h2-7,39H,8H2,1H3,(H,31,35)(H,32,33). The number of anilines is 2. The molecule has 0 radical (unpaired) electrons. The number of rotatable bonds is 7. The fraction of sp³-hybridized carbons (Fsp3) is 0.136. The van der Waals surface area contributed by atoms with Crippen LogP contribution in [0.5, 0.6) is 5.88 Å². The predicted molar refractivity (Wildman–Crippen MR) is 128 cm³/mol. The number of hydrogen-bond acceptors (Lipinski definition) is 6. The summed E-state index contributed by atoms with van der Waals surface area (Å²) in [5.74, 6) is -5.65. The Morgan fingerprint density at radius 3 is 2.49 bits per heavy atom. The zero-order valence-electron chi connectivity index (χ0n) is 19.2. The molecular formula is C22H14ClF6N5O4S. The summed E-state index contributed by atoms with van der Waals surface area (Å²) in [5, 5.41) is 6.92. The lowest BCUT2D eigenvalue weighted by atomic mass is 10.0. The van der Waals surface area contributed by atoms with Gasteiger partial charge in [0.1, 0.15) is 23.6 Å². The summed E-state index contributed by atoms with van der Waals surface area (Å²) in [6.45, 7) is -1.67. The van der Waals surface area contributed by atoms with Crippen LogP contribution in [-0.4, -0.2) is 49.3 Å². The quantitative estimate of drug-likeness (QED) is 0.212. The molecule has 2 aromatic carbocycles. The number of nitrogens with one attached hydrogen (secondary N) is 2. The van der Waals surface area contributed by atoms with Gasteiger partial charge in [0.25, 0.3) is 5.91 Å². The Kier molecular flexibility index (Phi) is 7.61. The molecule has 0 aliphatic heterocycles. The van der Waals surface area contributed by atoms with Crippen LogP contribution in [0.1, 0.15) is 10.5 Å². The lowest BCUT2D eigenvalue weighted by Crippen LogP contribution is -2.34. The Labute approximate surface area is 221 Å². The second kappa shape index (κ2) is 10.6. The van der Waals surface area contributed by atoms with E-state index in [2.05, 4.69) is 15.2 Å². The predicted octanol–water partition coefficient (Wildman–Crippen LogP) is 4.66. The highest BCUT2D eigenvalue weighted by Gasteiger charge is 2.30. The van der Waals surface area contributed by atoms with E-state index in [-0.39, 0.29) is 22.0 Å². The molecule has 0 aliphatic carbocycles. The number of aromatic nitrogens is 3. The molecule has 17 heteroatoms. The second-order valence-corrected chi connectivity index (χ2v) is 9.02. The molecule has 4 rings (SSSR count). The number of amides is 1. The van der Waals surface area contributed by atoms with E-state index in [1.165, 1.54) is 0 Å². The molecule has 0 aliphatic rings. The first-order valence-electron chi connectivity index (χ1n) is 10.5. The van der Waals surface area contributed by atoms with E-state index in [1.807, 2.05) is 0 Å². The van der Waals surface area contributed by atoms with Crippen LogP contribution in [0.15, 0.2) is 36.5 Å². The van der Waals surface area contributed by atoms with E-state index in [4.69, 9.17) is 16.3 Å². The number of benzene rings is 2. The van der Waals surface area contributed by atoms with Crippen molar-refractivity contribution in [1.29, 1.82) is 0 Å². The first-order valence-corrected chi connectivity index (χ1v) is 12.0. The molecule has 0 fully saturated rings. The highest BCUT2D eigenvalue weighted by atomic mass is 35.5. The van der Waals surface area contributed by atoms with E-state index in [0.29, 0.717) is 10.4 Å². The van der Waals surface area contributed by atoms with Crippen molar-refractivity contribution in [1.82, 2.24) is 20.5 Å². The van der Waals surface area contributed by atoms with Crippen molar-refractivity contribution in [3.8, 4) is 17.0 Å². The third kappa shape index (κ3) is 5.42. The molecule has 2 N–H and O–H groups in total. The highest BCUT2D eigenvalue weighted by Crippen LogP contribution is 2.40. The maximum Gasteiger partial charge on any atom is 0.405 e. The van der Waals surface area contributed by atoms with Crippen LogP contribution in [0.4, 0.5) is 37.7 Å². The topological polar surface area (TPSA) is 117 Å². The number of aromatic amines is 1. The van der Waals surface area contributed by atoms with E-state index in [0.717, 1.165) is 37.6 Å². The van der Waals surface area contributed by atoms with Gasteiger partial charge in [0, 0.05) is 17.1 Å². The average molecular weight is 594 g/mol. The maximum atomic E-state index is 15.8. The zero-order chi connectivity index (χ0) is 28.6. The van der Waals surface area contributed by atoms with Gasteiger partial charge in [0.2, 0.25) is 16.8 Å². The molecule has 2 heterocycles. The minimum atomic E-state index is -4.71. The van der Waals surface area contributed by atoms with Crippen LogP contribution in [0, 0.1) is 17.5 Å². The molecule has 0 saturated carbocycles. The van der Waals surface area contributed by atoms with Gasteiger partial charge in [0.15, 0.2) is 17.3 Å². The number of ether oxygens (including phenoxy) is 1. The van der Waals surface area contributed by atoms with Crippen molar-refractivity contribution < 1.29 is 44.3 Å². The lowest BCUT2D eigenvalue weighted by molar-refractivity contribution is -0.123. The molecule has 4 aromatic rings. The first-order chi connectivity index (χ1) is 18.3. The number of methoxy groups -OCH3 is 1. The fourth-order valence-corrected chi connectivity index (χ4v) is 4.47. The lowest BCUT2D eigenvalue weighted by Gasteiger charge is -2.21. The number of carbonyl (C=O) groups excluding carboxylic acids is 1.